The molecule has 35 heavy (non-hydrogen) atoms. The first-order valence-corrected chi connectivity index (χ1v) is 12.0. The predicted molar refractivity (Wildman–Crippen MR) is 135 cm³/mol. The first-order valence-electron chi connectivity index (χ1n) is 12.0. The summed E-state index contributed by atoms with van der Waals surface area (Å²) in [4.78, 5) is 30.7. The first kappa shape index (κ1) is 24.2. The van der Waals surface area contributed by atoms with E-state index in [1.54, 1.807) is 24.4 Å². The van der Waals surface area contributed by atoms with E-state index in [9.17, 15) is 14.9 Å². The van der Waals surface area contributed by atoms with Gasteiger partial charge in [-0.05, 0) is 54.2 Å². The highest BCUT2D eigenvalue weighted by molar-refractivity contribution is 6.02. The lowest BCUT2D eigenvalue weighted by molar-refractivity contribution is -0.117. The highest BCUT2D eigenvalue weighted by atomic mass is 16.5. The van der Waals surface area contributed by atoms with Gasteiger partial charge in [-0.2, -0.15) is 10.2 Å². The number of fused-ring (bicyclic) bond motifs is 1. The van der Waals surface area contributed by atoms with Crippen LogP contribution in [0.1, 0.15) is 64.0 Å². The van der Waals surface area contributed by atoms with Gasteiger partial charge in [0.2, 0.25) is 5.88 Å². The van der Waals surface area contributed by atoms with Gasteiger partial charge >= 0.3 is 0 Å². The SMILES string of the molecule is CC(C)(C)c1ccc(Oc2nc3ccccn3c(=O)c2C=C(C#N)C(=O)NC2CCCCC2)cc1. The molecular formula is C28H30N4O3. The number of benzene rings is 1. The Morgan fingerprint density at radius 3 is 2.51 bits per heavy atom. The van der Waals surface area contributed by atoms with Crippen molar-refractivity contribution in [2.24, 2.45) is 0 Å². The lowest BCUT2D eigenvalue weighted by atomic mass is 9.87. The molecular weight excluding hydrogens is 440 g/mol. The zero-order valence-corrected chi connectivity index (χ0v) is 20.4. The van der Waals surface area contributed by atoms with E-state index in [1.165, 1.54) is 10.5 Å². The molecule has 7 heteroatoms. The Labute approximate surface area is 205 Å². The number of nitrogens with one attached hydrogen (secondary N) is 1. The van der Waals surface area contributed by atoms with Gasteiger partial charge in [0.15, 0.2) is 0 Å². The zero-order valence-electron chi connectivity index (χ0n) is 20.4. The monoisotopic (exact) mass is 470 g/mol. The Balaban J connectivity index is 1.73. The van der Waals surface area contributed by atoms with Crippen LogP contribution < -0.4 is 15.6 Å². The van der Waals surface area contributed by atoms with Crippen LogP contribution in [0.15, 0.2) is 59.0 Å². The number of nitrogens with zero attached hydrogens (tertiary/aromatic N) is 3. The smallest absolute Gasteiger partial charge is 0.269 e. The Morgan fingerprint density at radius 1 is 1.14 bits per heavy atom. The number of aromatic nitrogens is 2. The molecule has 1 saturated carbocycles. The molecule has 1 aliphatic rings. The average Bonchev–Trinajstić information content (AvgIpc) is 2.84. The van der Waals surface area contributed by atoms with Crippen molar-refractivity contribution in [1.82, 2.24) is 14.7 Å². The number of pyridine rings is 1. The van der Waals surface area contributed by atoms with E-state index >= 15 is 0 Å². The normalized spacial score (nSPS) is 15.0. The Hall–Kier alpha value is -3.92. The summed E-state index contributed by atoms with van der Waals surface area (Å²) in [5, 5.41) is 12.7. The maximum atomic E-state index is 13.3. The van der Waals surface area contributed by atoms with Crippen LogP contribution in [-0.4, -0.2) is 21.3 Å². The number of rotatable bonds is 5. The van der Waals surface area contributed by atoms with Gasteiger partial charge in [0.1, 0.15) is 28.6 Å². The van der Waals surface area contributed by atoms with Crippen molar-refractivity contribution in [3.63, 3.8) is 0 Å². The molecule has 1 aromatic carbocycles. The fourth-order valence-corrected chi connectivity index (χ4v) is 4.22. The van der Waals surface area contributed by atoms with E-state index in [4.69, 9.17) is 4.74 Å². The standard InChI is InChI=1S/C28H30N4O3/c1-28(2,3)20-12-14-22(15-13-20)35-26-23(27(34)32-16-8-7-11-24(32)31-26)17-19(18-29)25(33)30-21-9-5-4-6-10-21/h7-8,11-17,21H,4-6,9-10H2,1-3H3,(H,30,33). The molecule has 4 rings (SSSR count). The van der Waals surface area contributed by atoms with Gasteiger partial charge in [0.25, 0.3) is 11.5 Å². The molecule has 3 aromatic rings. The number of carbonyl (C=O) groups excluding carboxylic acids is 1. The minimum atomic E-state index is -0.488. The molecule has 0 spiro atoms. The third-order valence-corrected chi connectivity index (χ3v) is 6.26. The van der Waals surface area contributed by atoms with Gasteiger partial charge in [-0.15, -0.1) is 0 Å². The van der Waals surface area contributed by atoms with Crippen LogP contribution in [-0.2, 0) is 10.2 Å². The number of nitriles is 1. The van der Waals surface area contributed by atoms with E-state index in [1.807, 2.05) is 30.3 Å². The largest absolute Gasteiger partial charge is 0.438 e. The minimum Gasteiger partial charge on any atom is -0.438 e. The molecule has 0 radical (unpaired) electrons. The lowest BCUT2D eigenvalue weighted by Gasteiger charge is -2.22. The lowest BCUT2D eigenvalue weighted by Crippen LogP contribution is -2.36. The fourth-order valence-electron chi connectivity index (χ4n) is 4.22. The minimum absolute atomic E-state index is 0.0140. The second-order valence-electron chi connectivity index (χ2n) is 9.92. The van der Waals surface area contributed by atoms with Gasteiger partial charge < -0.3 is 10.1 Å². The Kier molecular flexibility index (Phi) is 7.02. The summed E-state index contributed by atoms with van der Waals surface area (Å²) in [5.74, 6) is 0.0605. The van der Waals surface area contributed by atoms with Crippen LogP contribution in [0.4, 0.5) is 0 Å². The van der Waals surface area contributed by atoms with Crippen molar-refractivity contribution in [2.75, 3.05) is 0 Å². The molecule has 2 aromatic heterocycles. The third kappa shape index (κ3) is 5.60. The third-order valence-electron chi connectivity index (χ3n) is 6.26. The maximum Gasteiger partial charge on any atom is 0.269 e. The molecule has 2 heterocycles. The molecule has 1 amide bonds. The number of hydrogen-bond donors (Lipinski definition) is 1. The quantitative estimate of drug-likeness (QED) is 0.411. The maximum absolute atomic E-state index is 13.3. The molecule has 0 saturated heterocycles. The van der Waals surface area contributed by atoms with Gasteiger partial charge in [0, 0.05) is 12.2 Å². The zero-order chi connectivity index (χ0) is 25.0. The second-order valence-corrected chi connectivity index (χ2v) is 9.92. The van der Waals surface area contributed by atoms with E-state index in [2.05, 4.69) is 31.1 Å². The van der Waals surface area contributed by atoms with Gasteiger partial charge in [0.05, 0.1) is 0 Å². The van der Waals surface area contributed by atoms with Crippen LogP contribution in [0.5, 0.6) is 11.6 Å². The van der Waals surface area contributed by atoms with Crippen LogP contribution in [0.2, 0.25) is 0 Å². The Bertz CT molecular complexity index is 1350. The van der Waals surface area contributed by atoms with Crippen LogP contribution in [0, 0.1) is 11.3 Å². The van der Waals surface area contributed by atoms with Crippen LogP contribution in [0.3, 0.4) is 0 Å². The fraction of sp³-hybridized carbons (Fsp3) is 0.357. The summed E-state index contributed by atoms with van der Waals surface area (Å²) in [6.07, 6.45) is 7.93. The van der Waals surface area contributed by atoms with Crippen molar-refractivity contribution < 1.29 is 9.53 Å². The van der Waals surface area contributed by atoms with Crippen molar-refractivity contribution in [3.8, 4) is 17.7 Å². The molecule has 0 unspecified atom stereocenters. The molecule has 7 nitrogen and oxygen atoms in total. The summed E-state index contributed by atoms with van der Waals surface area (Å²) in [5.41, 5.74) is 1.00. The number of hydrogen-bond acceptors (Lipinski definition) is 5. The van der Waals surface area contributed by atoms with Gasteiger partial charge in [-0.25, -0.2) is 0 Å². The highest BCUT2D eigenvalue weighted by Crippen LogP contribution is 2.28. The number of carbonyl (C=O) groups is 1. The van der Waals surface area contributed by atoms with Crippen molar-refractivity contribution in [1.29, 1.82) is 5.26 Å². The number of ether oxygens (including phenoxy) is 1. The molecule has 1 fully saturated rings. The van der Waals surface area contributed by atoms with Gasteiger partial charge in [-0.1, -0.05) is 58.2 Å². The Morgan fingerprint density at radius 2 is 1.86 bits per heavy atom. The van der Waals surface area contributed by atoms with Gasteiger partial charge in [-0.3, -0.25) is 14.0 Å². The summed E-state index contributed by atoms with van der Waals surface area (Å²) >= 11 is 0. The van der Waals surface area contributed by atoms with E-state index in [0.717, 1.165) is 37.7 Å². The summed E-state index contributed by atoms with van der Waals surface area (Å²) in [7, 11) is 0. The van der Waals surface area contributed by atoms with E-state index in [-0.39, 0.29) is 28.5 Å². The summed E-state index contributed by atoms with van der Waals surface area (Å²) in [6, 6.07) is 14.8. The molecule has 0 aliphatic heterocycles. The molecule has 1 aliphatic carbocycles. The average molecular weight is 471 g/mol. The van der Waals surface area contributed by atoms with Crippen LogP contribution >= 0.6 is 0 Å². The topological polar surface area (TPSA) is 96.5 Å². The molecule has 0 atom stereocenters. The molecule has 0 bridgehead atoms. The van der Waals surface area contributed by atoms with E-state index < -0.39 is 11.5 Å². The van der Waals surface area contributed by atoms with Crippen molar-refractivity contribution in [3.05, 3.63) is 75.7 Å². The van der Waals surface area contributed by atoms with Crippen molar-refractivity contribution in [2.45, 2.75) is 64.3 Å². The summed E-state index contributed by atoms with van der Waals surface area (Å²) in [6.45, 7) is 6.37. The van der Waals surface area contributed by atoms with Crippen molar-refractivity contribution >= 4 is 17.6 Å². The highest BCUT2D eigenvalue weighted by Gasteiger charge is 2.21. The molecule has 1 N–H and O–H groups in total. The predicted octanol–water partition coefficient (Wildman–Crippen LogP) is 5.14. The number of amides is 1. The van der Waals surface area contributed by atoms with E-state index in [0.29, 0.717) is 11.4 Å². The van der Waals surface area contributed by atoms with Crippen LogP contribution in [0.25, 0.3) is 11.7 Å². The summed E-state index contributed by atoms with van der Waals surface area (Å²) < 4.78 is 7.40. The second kappa shape index (κ2) is 10.1. The first-order chi connectivity index (χ1) is 16.8. The molecule has 180 valence electrons.